The first-order chi connectivity index (χ1) is 13.7. The second-order valence-electron chi connectivity index (χ2n) is 7.18. The maximum Gasteiger partial charge on any atom is 0.279 e. The Morgan fingerprint density at radius 1 is 0.931 bits per heavy atom. The van der Waals surface area contributed by atoms with E-state index in [1.807, 2.05) is 44.2 Å². The zero-order valence-electron chi connectivity index (χ0n) is 17.3. The Balaban J connectivity index is 1.81. The zero-order chi connectivity index (χ0) is 21.6. The number of benzene rings is 2. The van der Waals surface area contributed by atoms with E-state index in [1.165, 1.54) is 0 Å². The average Bonchev–Trinajstić information content (AvgIpc) is 2.68. The van der Waals surface area contributed by atoms with Crippen molar-refractivity contribution < 1.29 is 14.3 Å². The lowest BCUT2D eigenvalue weighted by atomic mass is 10.0. The van der Waals surface area contributed by atoms with Crippen LogP contribution in [-0.2, 0) is 4.79 Å². The van der Waals surface area contributed by atoms with Gasteiger partial charge in [0.1, 0.15) is 5.75 Å². The smallest absolute Gasteiger partial charge is 0.279 e. The number of hydrazine groups is 1. The summed E-state index contributed by atoms with van der Waals surface area (Å²) in [5.74, 6) is 0.224. The summed E-state index contributed by atoms with van der Waals surface area (Å²) in [5, 5.41) is 2.52. The van der Waals surface area contributed by atoms with Crippen molar-refractivity contribution in [1.29, 1.82) is 0 Å². The summed E-state index contributed by atoms with van der Waals surface area (Å²) in [4.78, 5) is 24.4. The summed E-state index contributed by atoms with van der Waals surface area (Å²) in [6.45, 7) is 9.78. The van der Waals surface area contributed by atoms with Crippen molar-refractivity contribution in [3.8, 4) is 5.75 Å². The minimum absolute atomic E-state index is 0.00494. The van der Waals surface area contributed by atoms with Crippen LogP contribution in [0.25, 0.3) is 0 Å². The molecule has 0 heterocycles. The standard InChI is InChI=1S/C22H27N3O3S/c1-13(2)17-7-9-18(10-8-17)21(27)23-22(29)25-24-20(26)16(5)28-19-11-6-14(3)15(4)12-19/h6-13,16H,1-5H3,(H,24,26)(H2,23,25,27,29). The van der Waals surface area contributed by atoms with Gasteiger partial charge in [0.25, 0.3) is 11.8 Å². The van der Waals surface area contributed by atoms with Crippen LogP contribution in [0.5, 0.6) is 5.75 Å². The maximum absolute atomic E-state index is 12.2. The van der Waals surface area contributed by atoms with E-state index < -0.39 is 12.0 Å². The molecule has 2 aromatic rings. The number of carbonyl (C=O) groups excluding carboxylic acids is 2. The normalized spacial score (nSPS) is 11.5. The number of amides is 2. The lowest BCUT2D eigenvalue weighted by Gasteiger charge is -2.17. The molecule has 0 saturated carbocycles. The highest BCUT2D eigenvalue weighted by Crippen LogP contribution is 2.17. The highest BCUT2D eigenvalue weighted by molar-refractivity contribution is 7.80. The molecule has 0 bridgehead atoms. The molecule has 0 spiro atoms. The monoisotopic (exact) mass is 413 g/mol. The third-order valence-corrected chi connectivity index (χ3v) is 4.73. The second kappa shape index (κ2) is 10.0. The van der Waals surface area contributed by atoms with E-state index >= 15 is 0 Å². The van der Waals surface area contributed by atoms with E-state index in [2.05, 4.69) is 30.0 Å². The fraction of sp³-hybridized carbons (Fsp3) is 0.318. The van der Waals surface area contributed by atoms with E-state index in [1.54, 1.807) is 19.1 Å². The quantitative estimate of drug-likeness (QED) is 0.516. The van der Waals surface area contributed by atoms with Gasteiger partial charge in [0.05, 0.1) is 0 Å². The lowest BCUT2D eigenvalue weighted by Crippen LogP contribution is -2.51. The summed E-state index contributed by atoms with van der Waals surface area (Å²) in [7, 11) is 0. The van der Waals surface area contributed by atoms with Crippen LogP contribution in [0.3, 0.4) is 0 Å². The predicted molar refractivity (Wildman–Crippen MR) is 118 cm³/mol. The van der Waals surface area contributed by atoms with E-state index in [0.29, 0.717) is 17.2 Å². The molecule has 0 fully saturated rings. The Kier molecular flexibility index (Phi) is 7.73. The molecular weight excluding hydrogens is 386 g/mol. The summed E-state index contributed by atoms with van der Waals surface area (Å²) in [6.07, 6.45) is -0.744. The van der Waals surface area contributed by atoms with Crippen molar-refractivity contribution in [2.75, 3.05) is 0 Å². The lowest BCUT2D eigenvalue weighted by molar-refractivity contribution is -0.127. The summed E-state index contributed by atoms with van der Waals surface area (Å²) < 4.78 is 5.64. The molecule has 1 unspecified atom stereocenters. The molecule has 6 nitrogen and oxygen atoms in total. The van der Waals surface area contributed by atoms with Gasteiger partial charge in [-0.15, -0.1) is 0 Å². The predicted octanol–water partition coefficient (Wildman–Crippen LogP) is 3.53. The van der Waals surface area contributed by atoms with Crippen LogP contribution in [0.2, 0.25) is 0 Å². The number of ether oxygens (including phenoxy) is 1. The van der Waals surface area contributed by atoms with Crippen molar-refractivity contribution >= 4 is 29.1 Å². The molecule has 7 heteroatoms. The van der Waals surface area contributed by atoms with E-state index in [9.17, 15) is 9.59 Å². The number of rotatable bonds is 5. The summed E-state index contributed by atoms with van der Waals surface area (Å²) in [5.41, 5.74) is 8.82. The molecule has 0 saturated heterocycles. The molecule has 0 aliphatic carbocycles. The molecule has 0 aromatic heterocycles. The van der Waals surface area contributed by atoms with Crippen LogP contribution in [-0.4, -0.2) is 23.0 Å². The van der Waals surface area contributed by atoms with E-state index in [4.69, 9.17) is 17.0 Å². The second-order valence-corrected chi connectivity index (χ2v) is 7.59. The van der Waals surface area contributed by atoms with Crippen LogP contribution >= 0.6 is 12.2 Å². The van der Waals surface area contributed by atoms with Crippen molar-refractivity contribution in [2.24, 2.45) is 0 Å². The fourth-order valence-electron chi connectivity index (χ4n) is 2.49. The van der Waals surface area contributed by atoms with E-state index in [0.717, 1.165) is 16.7 Å². The van der Waals surface area contributed by atoms with Gasteiger partial charge in [-0.25, -0.2) is 0 Å². The third-order valence-electron chi connectivity index (χ3n) is 4.53. The first kappa shape index (κ1) is 22.4. The van der Waals surface area contributed by atoms with Gasteiger partial charge >= 0.3 is 0 Å². The van der Waals surface area contributed by atoms with Crippen molar-refractivity contribution in [1.82, 2.24) is 16.2 Å². The SMILES string of the molecule is Cc1ccc(OC(C)C(=O)NNC(=S)NC(=O)c2ccc(C(C)C)cc2)cc1C. The molecule has 2 rings (SSSR count). The number of nitrogens with one attached hydrogen (secondary N) is 3. The zero-order valence-corrected chi connectivity index (χ0v) is 18.1. The Labute approximate surface area is 177 Å². The fourth-order valence-corrected chi connectivity index (χ4v) is 2.63. The topological polar surface area (TPSA) is 79.5 Å². The first-order valence-corrected chi connectivity index (χ1v) is 9.83. The maximum atomic E-state index is 12.2. The van der Waals surface area contributed by atoms with Gasteiger partial charge in [-0.2, -0.15) is 0 Å². The van der Waals surface area contributed by atoms with Gasteiger partial charge in [0, 0.05) is 5.56 Å². The molecule has 2 amide bonds. The van der Waals surface area contributed by atoms with Gasteiger partial charge in [-0.05, 0) is 79.9 Å². The van der Waals surface area contributed by atoms with Gasteiger partial charge in [0.15, 0.2) is 11.2 Å². The van der Waals surface area contributed by atoms with Crippen LogP contribution < -0.4 is 20.9 Å². The number of aryl methyl sites for hydroxylation is 2. The molecule has 3 N–H and O–H groups in total. The van der Waals surface area contributed by atoms with Gasteiger partial charge in [0.2, 0.25) is 0 Å². The Morgan fingerprint density at radius 2 is 1.59 bits per heavy atom. The molecule has 0 radical (unpaired) electrons. The molecule has 0 aliphatic rings. The average molecular weight is 414 g/mol. The molecule has 154 valence electrons. The van der Waals surface area contributed by atoms with Crippen molar-refractivity contribution in [3.63, 3.8) is 0 Å². The molecule has 29 heavy (non-hydrogen) atoms. The third kappa shape index (κ3) is 6.57. The first-order valence-electron chi connectivity index (χ1n) is 9.42. The summed E-state index contributed by atoms with van der Waals surface area (Å²) in [6, 6.07) is 12.9. The number of hydrogen-bond acceptors (Lipinski definition) is 4. The number of hydrogen-bond donors (Lipinski definition) is 3. The minimum Gasteiger partial charge on any atom is -0.481 e. The van der Waals surface area contributed by atoms with Crippen LogP contribution in [0, 0.1) is 13.8 Å². The Bertz CT molecular complexity index is 895. The van der Waals surface area contributed by atoms with Crippen LogP contribution in [0.15, 0.2) is 42.5 Å². The van der Waals surface area contributed by atoms with Gasteiger partial charge in [-0.1, -0.05) is 32.0 Å². The van der Waals surface area contributed by atoms with Crippen molar-refractivity contribution in [2.45, 2.75) is 46.6 Å². The van der Waals surface area contributed by atoms with Crippen LogP contribution in [0.1, 0.15) is 53.7 Å². The highest BCUT2D eigenvalue weighted by Gasteiger charge is 2.16. The molecule has 2 aromatic carbocycles. The number of carbonyl (C=O) groups is 2. The van der Waals surface area contributed by atoms with Crippen molar-refractivity contribution in [3.05, 3.63) is 64.7 Å². The Hall–Kier alpha value is -2.93. The Morgan fingerprint density at radius 3 is 2.17 bits per heavy atom. The molecule has 0 aliphatic heterocycles. The number of thiocarbonyl (C=S) groups is 1. The molecular formula is C22H27N3O3S. The largest absolute Gasteiger partial charge is 0.481 e. The minimum atomic E-state index is -0.744. The van der Waals surface area contributed by atoms with Gasteiger partial charge in [-0.3, -0.25) is 25.8 Å². The van der Waals surface area contributed by atoms with Crippen LogP contribution in [0.4, 0.5) is 0 Å². The molecule has 1 atom stereocenters. The van der Waals surface area contributed by atoms with E-state index in [-0.39, 0.29) is 11.0 Å². The summed E-state index contributed by atoms with van der Waals surface area (Å²) >= 11 is 5.07. The highest BCUT2D eigenvalue weighted by atomic mass is 32.1. The van der Waals surface area contributed by atoms with Gasteiger partial charge < -0.3 is 4.74 Å².